The monoisotopic (exact) mass is 537 g/mol. The van der Waals surface area contributed by atoms with Crippen LogP contribution < -0.4 is 20.9 Å². The minimum atomic E-state index is -0.573. The summed E-state index contributed by atoms with van der Waals surface area (Å²) in [5.41, 5.74) is 1.97. The van der Waals surface area contributed by atoms with Gasteiger partial charge in [-0.15, -0.1) is 0 Å². The Morgan fingerprint density at radius 2 is 1.54 bits per heavy atom. The van der Waals surface area contributed by atoms with E-state index in [9.17, 15) is 19.7 Å². The van der Waals surface area contributed by atoms with Crippen LogP contribution in [0.4, 0.5) is 22.7 Å². The van der Waals surface area contributed by atoms with Crippen molar-refractivity contribution < 1.29 is 14.5 Å². The Labute approximate surface area is 224 Å². The lowest BCUT2D eigenvalue weighted by molar-refractivity contribution is -0.384. The Balaban J connectivity index is 1.40. The molecule has 3 aromatic carbocycles. The van der Waals surface area contributed by atoms with Gasteiger partial charge in [-0.05, 0) is 80.0 Å². The normalized spacial score (nSPS) is 12.9. The lowest BCUT2D eigenvalue weighted by Crippen LogP contribution is -2.34. The van der Waals surface area contributed by atoms with Crippen molar-refractivity contribution >= 4 is 63.5 Å². The minimum Gasteiger partial charge on any atom is -0.366 e. The molecule has 2 amide bonds. The number of thiocarbonyl (C=S) groups is 1. The summed E-state index contributed by atoms with van der Waals surface area (Å²) >= 11 is 11.2. The van der Waals surface area contributed by atoms with E-state index in [-0.39, 0.29) is 22.3 Å². The van der Waals surface area contributed by atoms with E-state index in [1.165, 1.54) is 6.07 Å². The molecule has 1 fully saturated rings. The van der Waals surface area contributed by atoms with Crippen molar-refractivity contribution in [3.05, 3.63) is 93.0 Å². The van der Waals surface area contributed by atoms with Gasteiger partial charge in [0.05, 0.1) is 4.92 Å². The van der Waals surface area contributed by atoms with Crippen molar-refractivity contribution in [3.63, 3.8) is 0 Å². The summed E-state index contributed by atoms with van der Waals surface area (Å²) in [4.78, 5) is 38.4. The molecule has 0 spiro atoms. The van der Waals surface area contributed by atoms with Crippen molar-refractivity contribution in [2.75, 3.05) is 28.6 Å². The van der Waals surface area contributed by atoms with Crippen LogP contribution >= 0.6 is 23.8 Å². The summed E-state index contributed by atoms with van der Waals surface area (Å²) in [6.45, 7) is 1.50. The van der Waals surface area contributed by atoms with Gasteiger partial charge in [0.15, 0.2) is 5.11 Å². The molecular weight excluding hydrogens is 514 g/mol. The number of nitro benzene ring substituents is 1. The Hall–Kier alpha value is -4.02. The number of nitrogens with one attached hydrogen (secondary N) is 3. The number of piperidine rings is 1. The molecule has 0 saturated carbocycles. The molecule has 0 unspecified atom stereocenters. The number of halogens is 1. The average molecular weight is 538 g/mol. The van der Waals surface area contributed by atoms with Crippen LogP contribution in [-0.2, 0) is 0 Å². The molecule has 11 heteroatoms. The summed E-state index contributed by atoms with van der Waals surface area (Å²) in [7, 11) is 0. The van der Waals surface area contributed by atoms with Gasteiger partial charge in [0.2, 0.25) is 0 Å². The van der Waals surface area contributed by atoms with Crippen LogP contribution in [0, 0.1) is 10.1 Å². The first-order valence-corrected chi connectivity index (χ1v) is 12.4. The van der Waals surface area contributed by atoms with E-state index in [2.05, 4.69) is 16.0 Å². The maximum atomic E-state index is 12.8. The molecule has 0 aromatic heterocycles. The van der Waals surface area contributed by atoms with E-state index in [0.29, 0.717) is 27.6 Å². The number of nitro groups is 1. The molecule has 9 nitrogen and oxygen atoms in total. The van der Waals surface area contributed by atoms with Crippen LogP contribution in [0.5, 0.6) is 0 Å². The Morgan fingerprint density at radius 3 is 2.24 bits per heavy atom. The average Bonchev–Trinajstić information content (AvgIpc) is 2.89. The molecule has 190 valence electrons. The molecule has 0 aliphatic carbocycles. The largest absolute Gasteiger partial charge is 0.366 e. The highest BCUT2D eigenvalue weighted by Crippen LogP contribution is 2.31. The maximum Gasteiger partial charge on any atom is 0.293 e. The van der Waals surface area contributed by atoms with Gasteiger partial charge < -0.3 is 15.5 Å². The lowest BCUT2D eigenvalue weighted by atomic mass is 10.1. The van der Waals surface area contributed by atoms with E-state index in [1.54, 1.807) is 60.7 Å². The van der Waals surface area contributed by atoms with Crippen LogP contribution in [0.15, 0.2) is 66.7 Å². The number of rotatable bonds is 6. The SMILES string of the molecule is O=C(NC(=S)Nc1cccc(NC(=O)c2cccc(Cl)c2)c1)c1ccc(N2CCCCC2)c([N+](=O)[O-])c1. The van der Waals surface area contributed by atoms with E-state index in [0.717, 1.165) is 32.4 Å². The molecule has 0 atom stereocenters. The Morgan fingerprint density at radius 1 is 0.865 bits per heavy atom. The first-order valence-electron chi connectivity index (χ1n) is 11.6. The zero-order valence-electron chi connectivity index (χ0n) is 19.7. The number of carbonyl (C=O) groups is 2. The van der Waals surface area contributed by atoms with Crippen LogP contribution in [0.25, 0.3) is 0 Å². The molecule has 0 radical (unpaired) electrons. The number of benzene rings is 3. The van der Waals surface area contributed by atoms with E-state index in [4.69, 9.17) is 23.8 Å². The molecule has 37 heavy (non-hydrogen) atoms. The number of carbonyl (C=O) groups excluding carboxylic acids is 2. The second-order valence-electron chi connectivity index (χ2n) is 8.46. The second kappa shape index (κ2) is 11.8. The third-order valence-electron chi connectivity index (χ3n) is 5.82. The zero-order chi connectivity index (χ0) is 26.4. The lowest BCUT2D eigenvalue weighted by Gasteiger charge is -2.28. The van der Waals surface area contributed by atoms with Crippen LogP contribution in [0.2, 0.25) is 5.02 Å². The van der Waals surface area contributed by atoms with Crippen LogP contribution in [0.3, 0.4) is 0 Å². The smallest absolute Gasteiger partial charge is 0.293 e. The molecular formula is C26H24ClN5O4S. The fourth-order valence-electron chi connectivity index (χ4n) is 4.06. The molecule has 1 aliphatic rings. The highest BCUT2D eigenvalue weighted by molar-refractivity contribution is 7.80. The van der Waals surface area contributed by atoms with Gasteiger partial charge in [-0.1, -0.05) is 23.7 Å². The van der Waals surface area contributed by atoms with Gasteiger partial charge in [-0.3, -0.25) is 25.0 Å². The fourth-order valence-corrected chi connectivity index (χ4v) is 4.46. The van der Waals surface area contributed by atoms with Crippen LogP contribution in [-0.4, -0.2) is 34.9 Å². The quantitative estimate of drug-likeness (QED) is 0.212. The third-order valence-corrected chi connectivity index (χ3v) is 6.26. The van der Waals surface area contributed by atoms with Crippen molar-refractivity contribution in [3.8, 4) is 0 Å². The topological polar surface area (TPSA) is 117 Å². The standard InChI is InChI=1S/C26H24ClN5O4S/c27-19-7-4-6-17(14-19)24(33)28-20-8-5-9-21(16-20)29-26(37)30-25(34)18-10-11-22(23(15-18)32(35)36)31-12-2-1-3-13-31/h4-11,14-16H,1-3,12-13H2,(H,28,33)(H2,29,30,34,37). The number of hydrogen-bond acceptors (Lipinski definition) is 6. The summed E-state index contributed by atoms with van der Waals surface area (Å²) in [6.07, 6.45) is 3.06. The predicted molar refractivity (Wildman–Crippen MR) is 149 cm³/mol. The summed E-state index contributed by atoms with van der Waals surface area (Å²) < 4.78 is 0. The highest BCUT2D eigenvalue weighted by atomic mass is 35.5. The van der Waals surface area contributed by atoms with Gasteiger partial charge in [0, 0.05) is 46.7 Å². The number of anilines is 3. The zero-order valence-corrected chi connectivity index (χ0v) is 21.3. The fraction of sp³-hybridized carbons (Fsp3) is 0.192. The number of nitrogens with zero attached hydrogens (tertiary/aromatic N) is 2. The van der Waals surface area contributed by atoms with Crippen molar-refractivity contribution in [2.24, 2.45) is 0 Å². The maximum absolute atomic E-state index is 12.8. The van der Waals surface area contributed by atoms with Crippen molar-refractivity contribution in [1.82, 2.24) is 5.32 Å². The van der Waals surface area contributed by atoms with E-state index in [1.807, 2.05) is 4.90 Å². The molecule has 1 heterocycles. The minimum absolute atomic E-state index is 0.00563. The molecule has 0 bridgehead atoms. The first-order chi connectivity index (χ1) is 17.8. The van der Waals surface area contributed by atoms with Gasteiger partial charge in [-0.2, -0.15) is 0 Å². The number of hydrogen-bond donors (Lipinski definition) is 3. The molecule has 3 N–H and O–H groups in total. The Kier molecular flexibility index (Phi) is 8.32. The molecule has 4 rings (SSSR count). The van der Waals surface area contributed by atoms with Gasteiger partial charge in [0.25, 0.3) is 17.5 Å². The molecule has 1 saturated heterocycles. The Bertz CT molecular complexity index is 1360. The highest BCUT2D eigenvalue weighted by Gasteiger charge is 2.23. The summed E-state index contributed by atoms with van der Waals surface area (Å²) in [6, 6.07) is 17.8. The molecule has 1 aliphatic heterocycles. The number of amides is 2. The third kappa shape index (κ3) is 6.81. The van der Waals surface area contributed by atoms with E-state index >= 15 is 0 Å². The van der Waals surface area contributed by atoms with Crippen molar-refractivity contribution in [1.29, 1.82) is 0 Å². The van der Waals surface area contributed by atoms with Gasteiger partial charge >= 0.3 is 0 Å². The summed E-state index contributed by atoms with van der Waals surface area (Å²) in [5.74, 6) is -0.902. The second-order valence-corrected chi connectivity index (χ2v) is 9.31. The first kappa shape index (κ1) is 26.1. The van der Waals surface area contributed by atoms with Crippen LogP contribution in [0.1, 0.15) is 40.0 Å². The van der Waals surface area contributed by atoms with Gasteiger partial charge in [-0.25, -0.2) is 0 Å². The molecule has 3 aromatic rings. The van der Waals surface area contributed by atoms with Gasteiger partial charge in [0.1, 0.15) is 5.69 Å². The predicted octanol–water partition coefficient (Wildman–Crippen LogP) is 5.62. The van der Waals surface area contributed by atoms with Crippen molar-refractivity contribution in [2.45, 2.75) is 19.3 Å². The van der Waals surface area contributed by atoms with E-state index < -0.39 is 10.8 Å². The summed E-state index contributed by atoms with van der Waals surface area (Å²) in [5, 5.41) is 20.4.